The fraction of sp³-hybridized carbons (Fsp3) is 0.400. The first-order valence-electron chi connectivity index (χ1n) is 4.55. The van der Waals surface area contributed by atoms with E-state index in [4.69, 9.17) is 19.3 Å². The largest absolute Gasteiger partial charge is 0.496 e. The zero-order valence-corrected chi connectivity index (χ0v) is 8.50. The Morgan fingerprint density at radius 2 is 2.00 bits per heavy atom. The Morgan fingerprint density at radius 1 is 1.38 bits per heavy atom. The van der Waals surface area contributed by atoms with Crippen LogP contribution in [-0.2, 0) is 5.92 Å². The molecule has 6 heteroatoms. The number of halogens is 2. The average molecular weight is 232 g/mol. The first kappa shape index (κ1) is 10.9. The molecule has 0 bridgehead atoms. The van der Waals surface area contributed by atoms with E-state index in [1.807, 2.05) is 0 Å². The molecule has 0 aliphatic carbocycles. The Balaban J connectivity index is 2.52. The van der Waals surface area contributed by atoms with Crippen molar-refractivity contribution in [3.8, 4) is 17.2 Å². The van der Waals surface area contributed by atoms with Crippen molar-refractivity contribution in [2.24, 2.45) is 0 Å². The molecule has 0 aromatic heterocycles. The van der Waals surface area contributed by atoms with Crippen LogP contribution in [0.4, 0.5) is 8.78 Å². The van der Waals surface area contributed by atoms with Gasteiger partial charge in [0.1, 0.15) is 12.4 Å². The molecule has 0 amide bonds. The zero-order chi connectivity index (χ0) is 11.8. The van der Waals surface area contributed by atoms with Crippen LogP contribution in [0.1, 0.15) is 5.56 Å². The van der Waals surface area contributed by atoms with Crippen molar-refractivity contribution in [3.63, 3.8) is 0 Å². The molecule has 1 heterocycles. The van der Waals surface area contributed by atoms with Gasteiger partial charge in [-0.2, -0.15) is 8.78 Å². The van der Waals surface area contributed by atoms with Crippen molar-refractivity contribution >= 4 is 0 Å². The van der Waals surface area contributed by atoms with Gasteiger partial charge in [-0.05, 0) is 6.07 Å². The Labute approximate surface area is 90.4 Å². The maximum atomic E-state index is 13.4. The van der Waals surface area contributed by atoms with Gasteiger partial charge in [-0.15, -0.1) is 0 Å². The molecule has 1 aliphatic rings. The highest BCUT2D eigenvalue weighted by Gasteiger charge is 2.36. The maximum Gasteiger partial charge on any atom is 0.299 e. The predicted octanol–water partition coefficient (Wildman–Crippen LogP) is 1.51. The molecule has 0 unspecified atom stereocenters. The van der Waals surface area contributed by atoms with E-state index in [0.717, 1.165) is 6.07 Å². The Bertz CT molecular complexity index is 406. The molecular weight excluding hydrogens is 222 g/mol. The summed E-state index contributed by atoms with van der Waals surface area (Å²) in [6.07, 6.45) is 0. The van der Waals surface area contributed by atoms with Crippen molar-refractivity contribution in [1.29, 1.82) is 0 Å². The number of rotatable bonds is 3. The van der Waals surface area contributed by atoms with Gasteiger partial charge in [0.05, 0.1) is 12.7 Å². The lowest BCUT2D eigenvalue weighted by atomic mass is 10.1. The van der Waals surface area contributed by atoms with E-state index >= 15 is 0 Å². The quantitative estimate of drug-likeness (QED) is 0.858. The molecule has 0 fully saturated rings. The minimum Gasteiger partial charge on any atom is -0.496 e. The molecule has 0 saturated carbocycles. The second kappa shape index (κ2) is 3.79. The van der Waals surface area contributed by atoms with Crippen molar-refractivity contribution in [2.75, 3.05) is 20.5 Å². The molecule has 1 N–H and O–H groups in total. The summed E-state index contributed by atoms with van der Waals surface area (Å²) in [5.74, 6) is -2.83. The fourth-order valence-corrected chi connectivity index (χ4v) is 1.46. The summed E-state index contributed by atoms with van der Waals surface area (Å²) in [5.41, 5.74) is -0.415. The molecule has 1 aliphatic heterocycles. The molecule has 1 aromatic rings. The van der Waals surface area contributed by atoms with Crippen molar-refractivity contribution < 1.29 is 28.1 Å². The van der Waals surface area contributed by atoms with E-state index in [-0.39, 0.29) is 18.3 Å². The molecule has 1 aromatic carbocycles. The first-order chi connectivity index (χ1) is 7.58. The number of ether oxygens (including phenoxy) is 3. The topological polar surface area (TPSA) is 47.9 Å². The molecule has 16 heavy (non-hydrogen) atoms. The average Bonchev–Trinajstić information content (AvgIpc) is 2.74. The van der Waals surface area contributed by atoms with E-state index in [1.165, 1.54) is 13.2 Å². The predicted molar refractivity (Wildman–Crippen MR) is 50.1 cm³/mol. The lowest BCUT2D eigenvalue weighted by Crippen LogP contribution is -2.19. The Morgan fingerprint density at radius 3 is 2.56 bits per heavy atom. The van der Waals surface area contributed by atoms with Gasteiger partial charge in [0.25, 0.3) is 5.92 Å². The van der Waals surface area contributed by atoms with Gasteiger partial charge in [-0.3, -0.25) is 0 Å². The number of hydrogen-bond donors (Lipinski definition) is 1. The van der Waals surface area contributed by atoms with Crippen molar-refractivity contribution in [1.82, 2.24) is 0 Å². The minimum atomic E-state index is -3.37. The minimum absolute atomic E-state index is 0.00730. The molecule has 0 spiro atoms. The van der Waals surface area contributed by atoms with Crippen LogP contribution in [-0.4, -0.2) is 25.6 Å². The monoisotopic (exact) mass is 232 g/mol. The van der Waals surface area contributed by atoms with Crippen LogP contribution >= 0.6 is 0 Å². The smallest absolute Gasteiger partial charge is 0.299 e. The summed E-state index contributed by atoms with van der Waals surface area (Å²) < 4.78 is 41.6. The van der Waals surface area contributed by atoms with Crippen LogP contribution in [0.3, 0.4) is 0 Å². The standard InChI is InChI=1S/C10H10F2O4/c1-14-7-3-9-8(15-5-16-9)2-6(7)10(11,12)4-13/h2-3,13H,4-5H2,1H3. The van der Waals surface area contributed by atoms with Gasteiger partial charge in [-0.25, -0.2) is 0 Å². The van der Waals surface area contributed by atoms with E-state index in [2.05, 4.69) is 0 Å². The number of aliphatic hydroxyl groups excluding tert-OH is 1. The molecule has 4 nitrogen and oxygen atoms in total. The second-order valence-electron chi connectivity index (χ2n) is 3.27. The molecular formula is C10H10F2O4. The molecule has 88 valence electrons. The maximum absolute atomic E-state index is 13.4. The van der Waals surface area contributed by atoms with Gasteiger partial charge >= 0.3 is 0 Å². The highest BCUT2D eigenvalue weighted by molar-refractivity contribution is 5.53. The lowest BCUT2D eigenvalue weighted by Gasteiger charge is -2.17. The molecule has 0 saturated heterocycles. The number of alkyl halides is 2. The Hall–Kier alpha value is -1.56. The summed E-state index contributed by atoms with van der Waals surface area (Å²) in [4.78, 5) is 0. The van der Waals surface area contributed by atoms with Crippen LogP contribution in [0.15, 0.2) is 12.1 Å². The van der Waals surface area contributed by atoms with Crippen molar-refractivity contribution in [3.05, 3.63) is 17.7 Å². The van der Waals surface area contributed by atoms with E-state index in [9.17, 15) is 8.78 Å². The van der Waals surface area contributed by atoms with E-state index in [0.29, 0.717) is 5.75 Å². The van der Waals surface area contributed by atoms with Crippen LogP contribution in [0.2, 0.25) is 0 Å². The Kier molecular flexibility index (Phi) is 2.59. The van der Waals surface area contributed by atoms with Crippen LogP contribution in [0, 0.1) is 0 Å². The summed E-state index contributed by atoms with van der Waals surface area (Å²) in [6.45, 7) is -1.30. The van der Waals surface area contributed by atoms with Gasteiger partial charge in [-0.1, -0.05) is 0 Å². The third-order valence-electron chi connectivity index (χ3n) is 2.29. The number of hydrogen-bond acceptors (Lipinski definition) is 4. The first-order valence-corrected chi connectivity index (χ1v) is 4.55. The molecule has 2 rings (SSSR count). The second-order valence-corrected chi connectivity index (χ2v) is 3.27. The van der Waals surface area contributed by atoms with Gasteiger partial charge in [0.15, 0.2) is 11.5 Å². The summed E-state index contributed by atoms with van der Waals surface area (Å²) in [6, 6.07) is 2.44. The van der Waals surface area contributed by atoms with Gasteiger partial charge < -0.3 is 19.3 Å². The molecule has 0 radical (unpaired) electrons. The summed E-state index contributed by atoms with van der Waals surface area (Å²) in [7, 11) is 1.27. The van der Waals surface area contributed by atoms with Crippen LogP contribution in [0.25, 0.3) is 0 Å². The number of methoxy groups -OCH3 is 1. The number of benzene rings is 1. The third kappa shape index (κ3) is 1.65. The van der Waals surface area contributed by atoms with E-state index < -0.39 is 18.1 Å². The normalized spacial score (nSPS) is 14.0. The summed E-state index contributed by atoms with van der Waals surface area (Å²) >= 11 is 0. The highest BCUT2D eigenvalue weighted by Crippen LogP contribution is 2.43. The molecule has 0 atom stereocenters. The third-order valence-corrected chi connectivity index (χ3v) is 2.29. The summed E-state index contributed by atoms with van der Waals surface area (Å²) in [5, 5.41) is 8.64. The van der Waals surface area contributed by atoms with Gasteiger partial charge in [0.2, 0.25) is 6.79 Å². The van der Waals surface area contributed by atoms with Crippen LogP contribution < -0.4 is 14.2 Å². The number of fused-ring (bicyclic) bond motifs is 1. The van der Waals surface area contributed by atoms with Gasteiger partial charge in [0, 0.05) is 6.07 Å². The highest BCUT2D eigenvalue weighted by atomic mass is 19.3. The lowest BCUT2D eigenvalue weighted by molar-refractivity contribution is -0.0572. The zero-order valence-electron chi connectivity index (χ0n) is 8.50. The van der Waals surface area contributed by atoms with Crippen molar-refractivity contribution in [2.45, 2.75) is 5.92 Å². The fourth-order valence-electron chi connectivity index (χ4n) is 1.46. The van der Waals surface area contributed by atoms with E-state index in [1.54, 1.807) is 0 Å². The SMILES string of the molecule is COc1cc2c(cc1C(F)(F)CO)OCO2. The van der Waals surface area contributed by atoms with Crippen LogP contribution in [0.5, 0.6) is 17.2 Å². The number of aliphatic hydroxyl groups is 1.